The molecule has 1 unspecified atom stereocenters. The van der Waals surface area contributed by atoms with Crippen molar-refractivity contribution < 1.29 is 22.7 Å². The summed E-state index contributed by atoms with van der Waals surface area (Å²) in [6.07, 6.45) is -4.90. The van der Waals surface area contributed by atoms with Gasteiger partial charge in [-0.05, 0) is 69.2 Å². The molecular weight excluding hydrogens is 489 g/mol. The first kappa shape index (κ1) is 25.9. The number of anilines is 1. The Hall–Kier alpha value is -2.72. The van der Waals surface area contributed by atoms with Gasteiger partial charge in [-0.3, -0.25) is 4.79 Å². The van der Waals surface area contributed by atoms with Gasteiger partial charge in [-0.15, -0.1) is 10.2 Å². The number of alkyl halides is 3. The highest BCUT2D eigenvalue weighted by atomic mass is 35.5. The zero-order valence-electron chi connectivity index (χ0n) is 19.0. The molecule has 0 fully saturated rings. The molecule has 0 radical (unpaired) electrons. The summed E-state index contributed by atoms with van der Waals surface area (Å²) in [7, 11) is 0. The first-order valence-corrected chi connectivity index (χ1v) is 11.8. The lowest BCUT2D eigenvalue weighted by atomic mass is 10.1. The molecule has 1 heterocycles. The number of amides is 1. The van der Waals surface area contributed by atoms with Crippen molar-refractivity contribution in [3.63, 3.8) is 0 Å². The second kappa shape index (κ2) is 10.7. The minimum atomic E-state index is -4.48. The number of aromatic nitrogens is 3. The van der Waals surface area contributed by atoms with Crippen molar-refractivity contribution >= 4 is 35.0 Å². The Bertz CT molecular complexity index is 1160. The van der Waals surface area contributed by atoms with Crippen LogP contribution >= 0.6 is 23.4 Å². The van der Waals surface area contributed by atoms with Crippen LogP contribution in [0.15, 0.2) is 41.6 Å². The summed E-state index contributed by atoms with van der Waals surface area (Å²) in [5, 5.41) is 12.1. The van der Waals surface area contributed by atoms with Crippen molar-refractivity contribution in [3.8, 4) is 5.75 Å². The van der Waals surface area contributed by atoms with Crippen LogP contribution in [0.3, 0.4) is 0 Å². The average molecular weight is 513 g/mol. The molecule has 34 heavy (non-hydrogen) atoms. The molecule has 6 nitrogen and oxygen atoms in total. The molecule has 3 aromatic rings. The SMILES string of the molecule is CCn1c(SCC(=O)Nc2cccc(C(F)(F)F)c2)nnc1C(C)Oc1cc(C)c(Cl)c(C)c1. The highest BCUT2D eigenvalue weighted by Gasteiger charge is 2.30. The van der Waals surface area contributed by atoms with Gasteiger partial charge in [-0.1, -0.05) is 29.4 Å². The van der Waals surface area contributed by atoms with E-state index in [4.69, 9.17) is 16.3 Å². The number of nitrogens with zero attached hydrogens (tertiary/aromatic N) is 3. The topological polar surface area (TPSA) is 69.0 Å². The van der Waals surface area contributed by atoms with Crippen LogP contribution in [-0.2, 0) is 17.5 Å². The highest BCUT2D eigenvalue weighted by Crippen LogP contribution is 2.31. The predicted octanol–water partition coefficient (Wildman–Crippen LogP) is 6.46. The summed E-state index contributed by atoms with van der Waals surface area (Å²) in [6.45, 7) is 8.13. The van der Waals surface area contributed by atoms with Crippen LogP contribution in [0, 0.1) is 13.8 Å². The maximum atomic E-state index is 12.9. The Morgan fingerprint density at radius 2 is 1.88 bits per heavy atom. The monoisotopic (exact) mass is 512 g/mol. The Morgan fingerprint density at radius 1 is 1.21 bits per heavy atom. The van der Waals surface area contributed by atoms with Crippen molar-refractivity contribution in [2.75, 3.05) is 11.1 Å². The molecule has 0 aliphatic rings. The Labute approximate surface area is 204 Å². The number of rotatable bonds is 8. The van der Waals surface area contributed by atoms with E-state index >= 15 is 0 Å². The zero-order valence-corrected chi connectivity index (χ0v) is 20.6. The van der Waals surface area contributed by atoms with Gasteiger partial charge in [0, 0.05) is 17.3 Å². The lowest BCUT2D eigenvalue weighted by Crippen LogP contribution is -2.16. The second-order valence-electron chi connectivity index (χ2n) is 7.63. The third-order valence-electron chi connectivity index (χ3n) is 4.95. The number of benzene rings is 2. The van der Waals surface area contributed by atoms with E-state index in [0.717, 1.165) is 35.0 Å². The van der Waals surface area contributed by atoms with E-state index in [-0.39, 0.29) is 11.4 Å². The lowest BCUT2D eigenvalue weighted by molar-refractivity contribution is -0.137. The summed E-state index contributed by atoms with van der Waals surface area (Å²) in [5.41, 5.74) is 1.06. The van der Waals surface area contributed by atoms with E-state index in [2.05, 4.69) is 15.5 Å². The van der Waals surface area contributed by atoms with Crippen LogP contribution in [0.1, 0.15) is 42.5 Å². The third-order valence-corrected chi connectivity index (χ3v) is 6.52. The normalized spacial score (nSPS) is 12.5. The molecule has 0 spiro atoms. The molecule has 1 amide bonds. The van der Waals surface area contributed by atoms with E-state index < -0.39 is 23.8 Å². The minimum Gasteiger partial charge on any atom is -0.483 e. The van der Waals surface area contributed by atoms with Gasteiger partial charge in [-0.25, -0.2) is 0 Å². The standard InChI is InChI=1S/C23H24ClF3N4O2S/c1-5-31-21(15(4)33-18-9-13(2)20(24)14(3)10-18)29-30-22(31)34-12-19(32)28-17-8-6-7-16(11-17)23(25,26)27/h6-11,15H,5,12H2,1-4H3,(H,28,32). The van der Waals surface area contributed by atoms with Crippen LogP contribution in [0.2, 0.25) is 5.02 Å². The molecule has 2 aromatic carbocycles. The number of carbonyl (C=O) groups excluding carboxylic acids is 1. The van der Waals surface area contributed by atoms with E-state index in [1.54, 1.807) is 0 Å². The van der Waals surface area contributed by atoms with Gasteiger partial charge < -0.3 is 14.6 Å². The third kappa shape index (κ3) is 6.24. The Morgan fingerprint density at radius 3 is 2.50 bits per heavy atom. The predicted molar refractivity (Wildman–Crippen MR) is 126 cm³/mol. The van der Waals surface area contributed by atoms with Gasteiger partial charge >= 0.3 is 6.18 Å². The molecule has 0 aliphatic carbocycles. The fourth-order valence-corrected chi connectivity index (χ4v) is 4.25. The molecular formula is C23H24ClF3N4O2S. The molecule has 182 valence electrons. The molecule has 1 N–H and O–H groups in total. The fraction of sp³-hybridized carbons (Fsp3) is 0.348. The number of hydrogen-bond donors (Lipinski definition) is 1. The molecule has 1 atom stereocenters. The molecule has 0 saturated carbocycles. The summed E-state index contributed by atoms with van der Waals surface area (Å²) in [6, 6.07) is 8.21. The molecule has 11 heteroatoms. The summed E-state index contributed by atoms with van der Waals surface area (Å²) in [4.78, 5) is 12.3. The Balaban J connectivity index is 1.66. The van der Waals surface area contributed by atoms with Crippen molar-refractivity contribution in [2.45, 2.75) is 51.7 Å². The Kier molecular flexibility index (Phi) is 8.14. The highest BCUT2D eigenvalue weighted by molar-refractivity contribution is 7.99. The summed E-state index contributed by atoms with van der Waals surface area (Å²) >= 11 is 7.37. The molecule has 3 rings (SSSR count). The molecule has 0 saturated heterocycles. The van der Waals surface area contributed by atoms with Crippen LogP contribution < -0.4 is 10.1 Å². The van der Waals surface area contributed by atoms with Gasteiger partial charge in [0.2, 0.25) is 5.91 Å². The summed E-state index contributed by atoms with van der Waals surface area (Å²) < 4.78 is 46.5. The number of ether oxygens (including phenoxy) is 1. The quantitative estimate of drug-likeness (QED) is 0.351. The molecule has 0 aliphatic heterocycles. The summed E-state index contributed by atoms with van der Waals surface area (Å²) in [5.74, 6) is 0.757. The lowest BCUT2D eigenvalue weighted by Gasteiger charge is -2.17. The average Bonchev–Trinajstić information content (AvgIpc) is 3.18. The largest absolute Gasteiger partial charge is 0.483 e. The number of hydrogen-bond acceptors (Lipinski definition) is 5. The van der Waals surface area contributed by atoms with Crippen LogP contribution in [-0.4, -0.2) is 26.4 Å². The number of carbonyl (C=O) groups is 1. The number of thioether (sulfide) groups is 1. The number of aryl methyl sites for hydroxylation is 2. The smallest absolute Gasteiger partial charge is 0.416 e. The number of halogens is 4. The van der Waals surface area contributed by atoms with Crippen LogP contribution in [0.4, 0.5) is 18.9 Å². The molecule has 0 bridgehead atoms. The van der Waals surface area contributed by atoms with E-state index in [9.17, 15) is 18.0 Å². The van der Waals surface area contributed by atoms with E-state index in [0.29, 0.717) is 28.3 Å². The fourth-order valence-electron chi connectivity index (χ4n) is 3.34. The van der Waals surface area contributed by atoms with Crippen LogP contribution in [0.5, 0.6) is 5.75 Å². The first-order chi connectivity index (χ1) is 16.0. The van der Waals surface area contributed by atoms with Crippen LogP contribution in [0.25, 0.3) is 0 Å². The minimum absolute atomic E-state index is 0.0425. The molecule has 1 aromatic heterocycles. The van der Waals surface area contributed by atoms with Gasteiger partial charge in [0.05, 0.1) is 11.3 Å². The van der Waals surface area contributed by atoms with Crippen molar-refractivity contribution in [1.82, 2.24) is 14.8 Å². The maximum Gasteiger partial charge on any atom is 0.416 e. The van der Waals surface area contributed by atoms with Gasteiger partial charge in [0.1, 0.15) is 5.75 Å². The first-order valence-electron chi connectivity index (χ1n) is 10.5. The zero-order chi connectivity index (χ0) is 25.0. The van der Waals surface area contributed by atoms with Crippen molar-refractivity contribution in [3.05, 3.63) is 63.9 Å². The van der Waals surface area contributed by atoms with E-state index in [1.165, 1.54) is 12.1 Å². The van der Waals surface area contributed by atoms with Gasteiger partial charge in [0.15, 0.2) is 17.1 Å². The number of nitrogens with one attached hydrogen (secondary N) is 1. The van der Waals surface area contributed by atoms with Gasteiger partial charge in [-0.2, -0.15) is 13.2 Å². The second-order valence-corrected chi connectivity index (χ2v) is 8.95. The van der Waals surface area contributed by atoms with Crippen molar-refractivity contribution in [2.24, 2.45) is 0 Å². The van der Waals surface area contributed by atoms with Crippen molar-refractivity contribution in [1.29, 1.82) is 0 Å². The van der Waals surface area contributed by atoms with E-state index in [1.807, 2.05) is 44.4 Å². The maximum absolute atomic E-state index is 12.9. The van der Waals surface area contributed by atoms with Gasteiger partial charge in [0.25, 0.3) is 0 Å².